The van der Waals surface area contributed by atoms with Gasteiger partial charge < -0.3 is 10.0 Å². The van der Waals surface area contributed by atoms with E-state index in [-0.39, 0.29) is 0 Å². The molecule has 2 fully saturated rings. The van der Waals surface area contributed by atoms with Gasteiger partial charge in [-0.25, -0.2) is 0 Å². The molecule has 1 aromatic rings. The van der Waals surface area contributed by atoms with Crippen LogP contribution in [0.4, 0.5) is 0 Å². The molecule has 92 valence electrons. The molecular weight excluding hydrogens is 278 g/mol. The molecule has 0 saturated carbocycles. The Hall–Kier alpha value is -0.380. The molecule has 2 aliphatic rings. The Morgan fingerprint density at radius 2 is 2.18 bits per heavy atom. The van der Waals surface area contributed by atoms with Crippen molar-refractivity contribution in [2.45, 2.75) is 24.9 Å². The lowest BCUT2D eigenvalue weighted by Crippen LogP contribution is -2.47. The van der Waals surface area contributed by atoms with Crippen molar-refractivity contribution < 1.29 is 5.11 Å². The zero-order valence-electron chi connectivity index (χ0n) is 9.90. The number of rotatable bonds is 2. The van der Waals surface area contributed by atoms with Crippen molar-refractivity contribution in [3.63, 3.8) is 0 Å². The number of nitrogens with zero attached hydrogens (tertiary/aromatic N) is 1. The fourth-order valence-electron chi connectivity index (χ4n) is 3.23. The third-order valence-corrected chi connectivity index (χ3v) is 5.12. The molecule has 2 bridgehead atoms. The van der Waals surface area contributed by atoms with Gasteiger partial charge in [0.05, 0.1) is 5.60 Å². The van der Waals surface area contributed by atoms with Gasteiger partial charge in [0.15, 0.2) is 0 Å². The van der Waals surface area contributed by atoms with Gasteiger partial charge in [-0.1, -0.05) is 34.1 Å². The third kappa shape index (κ3) is 2.16. The van der Waals surface area contributed by atoms with Crippen molar-refractivity contribution in [1.29, 1.82) is 0 Å². The number of benzene rings is 1. The molecule has 0 amide bonds. The maximum Gasteiger partial charge on any atom is 0.0741 e. The quantitative estimate of drug-likeness (QED) is 0.906. The molecule has 1 aromatic carbocycles. The van der Waals surface area contributed by atoms with Gasteiger partial charge in [-0.2, -0.15) is 0 Å². The Kier molecular flexibility index (Phi) is 3.01. The van der Waals surface area contributed by atoms with Crippen molar-refractivity contribution in [2.75, 3.05) is 19.6 Å². The highest BCUT2D eigenvalue weighted by molar-refractivity contribution is 9.10. The van der Waals surface area contributed by atoms with E-state index in [1.807, 2.05) is 12.1 Å². The van der Waals surface area contributed by atoms with Crippen molar-refractivity contribution in [3.05, 3.63) is 34.3 Å². The largest absolute Gasteiger partial charge is 0.389 e. The summed E-state index contributed by atoms with van der Waals surface area (Å²) in [5.41, 5.74) is 0.743. The number of fused-ring (bicyclic) bond motifs is 2. The summed E-state index contributed by atoms with van der Waals surface area (Å²) in [5.74, 6) is 0.461. The highest BCUT2D eigenvalue weighted by Gasteiger charge is 2.44. The normalized spacial score (nSPS) is 36.1. The van der Waals surface area contributed by atoms with Gasteiger partial charge in [-0.05, 0) is 31.0 Å². The fourth-order valence-corrected chi connectivity index (χ4v) is 3.66. The SMILES string of the molecule is OC1(Cc2ccccc2Br)CCN2CCC1C2. The molecule has 2 saturated heterocycles. The van der Waals surface area contributed by atoms with Crippen LogP contribution >= 0.6 is 15.9 Å². The lowest BCUT2D eigenvalue weighted by atomic mass is 9.78. The lowest BCUT2D eigenvalue weighted by Gasteiger charge is -2.39. The summed E-state index contributed by atoms with van der Waals surface area (Å²) in [5, 5.41) is 10.9. The maximum absolute atomic E-state index is 10.9. The van der Waals surface area contributed by atoms with Crippen LogP contribution in [0.25, 0.3) is 0 Å². The topological polar surface area (TPSA) is 23.5 Å². The molecule has 0 aromatic heterocycles. The van der Waals surface area contributed by atoms with Crippen LogP contribution in [-0.2, 0) is 6.42 Å². The van der Waals surface area contributed by atoms with Gasteiger partial charge >= 0.3 is 0 Å². The predicted octanol–water partition coefficient (Wildman–Crippen LogP) is 2.45. The summed E-state index contributed by atoms with van der Waals surface area (Å²) in [7, 11) is 0. The van der Waals surface area contributed by atoms with E-state index in [4.69, 9.17) is 0 Å². The van der Waals surface area contributed by atoms with Crippen LogP contribution in [0.3, 0.4) is 0 Å². The van der Waals surface area contributed by atoms with Crippen LogP contribution in [0, 0.1) is 5.92 Å². The first kappa shape index (κ1) is 11.7. The summed E-state index contributed by atoms with van der Waals surface area (Å²) in [6.07, 6.45) is 2.85. The van der Waals surface area contributed by atoms with E-state index < -0.39 is 5.60 Å². The van der Waals surface area contributed by atoms with E-state index in [2.05, 4.69) is 33.0 Å². The molecule has 2 aliphatic heterocycles. The molecule has 3 heteroatoms. The monoisotopic (exact) mass is 295 g/mol. The summed E-state index contributed by atoms with van der Waals surface area (Å²) in [6.45, 7) is 3.31. The van der Waals surface area contributed by atoms with E-state index in [1.165, 1.54) is 12.1 Å². The smallest absolute Gasteiger partial charge is 0.0741 e. The first-order chi connectivity index (χ1) is 8.17. The predicted molar refractivity (Wildman–Crippen MR) is 72.0 cm³/mol. The minimum absolute atomic E-state index is 0.461. The van der Waals surface area contributed by atoms with E-state index in [0.29, 0.717) is 5.92 Å². The second-order valence-electron chi connectivity index (χ2n) is 5.41. The van der Waals surface area contributed by atoms with Crippen molar-refractivity contribution in [1.82, 2.24) is 4.90 Å². The van der Waals surface area contributed by atoms with E-state index >= 15 is 0 Å². The highest BCUT2D eigenvalue weighted by atomic mass is 79.9. The zero-order chi connectivity index (χ0) is 11.9. The van der Waals surface area contributed by atoms with Crippen LogP contribution in [0.2, 0.25) is 0 Å². The maximum atomic E-state index is 10.9. The number of piperidine rings is 1. The third-order valence-electron chi connectivity index (χ3n) is 4.35. The molecule has 2 heterocycles. The van der Waals surface area contributed by atoms with Gasteiger partial charge in [-0.15, -0.1) is 0 Å². The van der Waals surface area contributed by atoms with Crippen LogP contribution in [0.1, 0.15) is 18.4 Å². The fraction of sp³-hybridized carbons (Fsp3) is 0.571. The van der Waals surface area contributed by atoms with Crippen molar-refractivity contribution >= 4 is 15.9 Å². The van der Waals surface area contributed by atoms with Crippen LogP contribution in [0.15, 0.2) is 28.7 Å². The molecule has 2 nitrogen and oxygen atoms in total. The van der Waals surface area contributed by atoms with E-state index in [0.717, 1.165) is 36.8 Å². The van der Waals surface area contributed by atoms with Crippen molar-refractivity contribution in [3.8, 4) is 0 Å². The van der Waals surface area contributed by atoms with Gasteiger partial charge in [0, 0.05) is 29.9 Å². The summed E-state index contributed by atoms with van der Waals surface area (Å²) < 4.78 is 1.12. The molecule has 0 aliphatic carbocycles. The zero-order valence-corrected chi connectivity index (χ0v) is 11.5. The summed E-state index contributed by atoms with van der Waals surface area (Å²) in [4.78, 5) is 2.47. The molecule has 17 heavy (non-hydrogen) atoms. The highest BCUT2D eigenvalue weighted by Crippen LogP contribution is 2.38. The number of hydrogen-bond donors (Lipinski definition) is 1. The molecule has 0 radical (unpaired) electrons. The van der Waals surface area contributed by atoms with Crippen LogP contribution < -0.4 is 0 Å². The molecule has 0 spiro atoms. The molecule has 3 unspecified atom stereocenters. The minimum atomic E-state index is -0.489. The first-order valence-electron chi connectivity index (χ1n) is 6.35. The number of halogens is 1. The second kappa shape index (κ2) is 4.38. The Morgan fingerprint density at radius 3 is 3.00 bits per heavy atom. The molecular formula is C14H18BrNO. The van der Waals surface area contributed by atoms with Crippen LogP contribution in [0.5, 0.6) is 0 Å². The second-order valence-corrected chi connectivity index (χ2v) is 6.26. The molecule has 3 rings (SSSR count). The Bertz CT molecular complexity index is 422. The van der Waals surface area contributed by atoms with Gasteiger partial charge in [0.1, 0.15) is 0 Å². The first-order valence-corrected chi connectivity index (χ1v) is 7.15. The Labute approximate surface area is 111 Å². The minimum Gasteiger partial charge on any atom is -0.389 e. The Morgan fingerprint density at radius 1 is 1.35 bits per heavy atom. The van der Waals surface area contributed by atoms with E-state index in [9.17, 15) is 5.11 Å². The average Bonchev–Trinajstić information content (AvgIpc) is 2.74. The lowest BCUT2D eigenvalue weighted by molar-refractivity contribution is -0.0440. The average molecular weight is 296 g/mol. The number of aliphatic hydroxyl groups is 1. The molecule has 3 atom stereocenters. The Balaban J connectivity index is 1.82. The van der Waals surface area contributed by atoms with Crippen LogP contribution in [-0.4, -0.2) is 35.2 Å². The summed E-state index contributed by atoms with van der Waals surface area (Å²) >= 11 is 3.58. The summed E-state index contributed by atoms with van der Waals surface area (Å²) in [6, 6.07) is 8.24. The van der Waals surface area contributed by atoms with Gasteiger partial charge in [0.2, 0.25) is 0 Å². The van der Waals surface area contributed by atoms with Gasteiger partial charge in [0.25, 0.3) is 0 Å². The standard InChI is InChI=1S/C14H18BrNO/c15-13-4-2-1-3-11(13)9-14(17)6-8-16-7-5-12(14)10-16/h1-4,12,17H,5-10H2. The molecule has 1 N–H and O–H groups in total. The van der Waals surface area contributed by atoms with Gasteiger partial charge in [-0.3, -0.25) is 0 Å². The van der Waals surface area contributed by atoms with E-state index in [1.54, 1.807) is 0 Å². The number of hydrogen-bond acceptors (Lipinski definition) is 2. The van der Waals surface area contributed by atoms with Crippen molar-refractivity contribution in [2.24, 2.45) is 5.92 Å².